The summed E-state index contributed by atoms with van der Waals surface area (Å²) in [4.78, 5) is 0. The Balaban J connectivity index is 2.24. The minimum absolute atomic E-state index is 0.320. The van der Waals surface area contributed by atoms with Crippen LogP contribution in [0.15, 0.2) is 42.5 Å². The maximum atomic E-state index is 13.7. The highest BCUT2D eigenvalue weighted by Gasteiger charge is 2.16. The predicted octanol–water partition coefficient (Wildman–Crippen LogP) is 4.05. The fourth-order valence-electron chi connectivity index (χ4n) is 2.05. The average Bonchev–Trinajstić information content (AvgIpc) is 2.40. The third kappa shape index (κ3) is 3.52. The van der Waals surface area contributed by atoms with Crippen molar-refractivity contribution in [2.75, 3.05) is 0 Å². The van der Waals surface area contributed by atoms with Crippen LogP contribution in [0.2, 0.25) is 0 Å². The van der Waals surface area contributed by atoms with E-state index in [1.807, 2.05) is 38.1 Å². The SMILES string of the molecule is CC(C)(Cc1ccc(-c2ccc(F)cc2F)cc1)O[Si]. The standard InChI is InChI=1S/C16H15F2OSi/c1-16(2,19-20)10-11-3-5-12(6-4-11)14-8-7-13(17)9-15(14)18/h3-9H,10H2,1-2H3. The lowest BCUT2D eigenvalue weighted by atomic mass is 9.96. The van der Waals surface area contributed by atoms with Gasteiger partial charge in [0.15, 0.2) is 0 Å². The lowest BCUT2D eigenvalue weighted by molar-refractivity contribution is 0.124. The van der Waals surface area contributed by atoms with Crippen molar-refractivity contribution in [3.63, 3.8) is 0 Å². The summed E-state index contributed by atoms with van der Waals surface area (Å²) in [6, 6.07) is 11.1. The van der Waals surface area contributed by atoms with Crippen LogP contribution in [0.4, 0.5) is 8.78 Å². The van der Waals surface area contributed by atoms with Crippen molar-refractivity contribution < 1.29 is 13.2 Å². The highest BCUT2D eigenvalue weighted by atomic mass is 28.2. The molecule has 0 N–H and O–H groups in total. The zero-order valence-corrected chi connectivity index (χ0v) is 12.4. The van der Waals surface area contributed by atoms with Crippen molar-refractivity contribution in [2.24, 2.45) is 0 Å². The number of hydrogen-bond acceptors (Lipinski definition) is 1. The maximum absolute atomic E-state index is 13.7. The summed E-state index contributed by atoms with van der Waals surface area (Å²) in [6.45, 7) is 3.93. The van der Waals surface area contributed by atoms with Gasteiger partial charge in [-0.05, 0) is 43.5 Å². The Morgan fingerprint density at radius 2 is 1.70 bits per heavy atom. The molecule has 0 spiro atoms. The van der Waals surface area contributed by atoms with E-state index in [-0.39, 0.29) is 5.60 Å². The van der Waals surface area contributed by atoms with Crippen LogP contribution in [0.5, 0.6) is 0 Å². The van der Waals surface area contributed by atoms with Gasteiger partial charge in [0.25, 0.3) is 0 Å². The molecule has 0 aliphatic carbocycles. The molecule has 2 aromatic rings. The summed E-state index contributed by atoms with van der Waals surface area (Å²) in [7, 11) is 3.06. The van der Waals surface area contributed by atoms with Crippen LogP contribution in [0.3, 0.4) is 0 Å². The summed E-state index contributed by atoms with van der Waals surface area (Å²) >= 11 is 0. The van der Waals surface area contributed by atoms with Crippen LogP contribution in [0, 0.1) is 11.6 Å². The van der Waals surface area contributed by atoms with E-state index in [1.165, 1.54) is 12.1 Å². The van der Waals surface area contributed by atoms with Gasteiger partial charge in [0.1, 0.15) is 11.6 Å². The first-order chi connectivity index (χ1) is 9.41. The number of rotatable bonds is 4. The number of benzene rings is 2. The maximum Gasteiger partial charge on any atom is 0.246 e. The Kier molecular flexibility index (Phi) is 4.35. The molecule has 0 heterocycles. The van der Waals surface area contributed by atoms with Crippen molar-refractivity contribution in [3.05, 3.63) is 59.7 Å². The molecule has 2 rings (SSSR count). The Morgan fingerprint density at radius 3 is 2.25 bits per heavy atom. The molecule has 103 valence electrons. The molecule has 0 aromatic heterocycles. The summed E-state index contributed by atoms with van der Waals surface area (Å²) < 4.78 is 31.8. The second-order valence-electron chi connectivity index (χ2n) is 5.36. The van der Waals surface area contributed by atoms with Crippen LogP contribution in [-0.2, 0) is 10.8 Å². The van der Waals surface area contributed by atoms with Gasteiger partial charge in [-0.3, -0.25) is 0 Å². The summed E-state index contributed by atoms with van der Waals surface area (Å²) in [5.41, 5.74) is 1.89. The predicted molar refractivity (Wildman–Crippen MR) is 76.4 cm³/mol. The molecule has 0 aliphatic heterocycles. The minimum atomic E-state index is -0.570. The van der Waals surface area contributed by atoms with E-state index in [0.717, 1.165) is 23.6 Å². The van der Waals surface area contributed by atoms with Gasteiger partial charge in [-0.25, -0.2) is 8.78 Å². The Morgan fingerprint density at radius 1 is 1.05 bits per heavy atom. The fourth-order valence-corrected chi connectivity index (χ4v) is 2.13. The molecule has 0 aliphatic rings. The van der Waals surface area contributed by atoms with E-state index < -0.39 is 11.6 Å². The van der Waals surface area contributed by atoms with Crippen LogP contribution >= 0.6 is 0 Å². The molecule has 3 radical (unpaired) electrons. The van der Waals surface area contributed by atoms with Gasteiger partial charge < -0.3 is 4.43 Å². The first-order valence-corrected chi connectivity index (χ1v) is 6.71. The van der Waals surface area contributed by atoms with E-state index in [1.54, 1.807) is 0 Å². The Hall–Kier alpha value is -1.52. The molecular formula is C16H15F2OSi. The van der Waals surface area contributed by atoms with Crippen LogP contribution in [0.25, 0.3) is 11.1 Å². The van der Waals surface area contributed by atoms with E-state index in [2.05, 4.69) is 10.5 Å². The van der Waals surface area contributed by atoms with Crippen molar-refractivity contribution in [1.82, 2.24) is 0 Å². The normalized spacial score (nSPS) is 11.7. The second kappa shape index (κ2) is 5.85. The van der Waals surface area contributed by atoms with Gasteiger partial charge in [-0.15, -0.1) is 0 Å². The largest absolute Gasteiger partial charge is 0.413 e. The lowest BCUT2D eigenvalue weighted by Gasteiger charge is -2.23. The molecule has 0 saturated carbocycles. The quantitative estimate of drug-likeness (QED) is 0.771. The molecule has 1 nitrogen and oxygen atoms in total. The third-order valence-electron chi connectivity index (χ3n) is 3.10. The zero-order valence-electron chi connectivity index (χ0n) is 11.4. The van der Waals surface area contributed by atoms with Gasteiger partial charge in [0, 0.05) is 11.6 Å². The topological polar surface area (TPSA) is 9.23 Å². The molecule has 0 unspecified atom stereocenters. The van der Waals surface area contributed by atoms with Crippen molar-refractivity contribution in [3.8, 4) is 11.1 Å². The summed E-state index contributed by atoms with van der Waals surface area (Å²) in [6.07, 6.45) is 0.725. The van der Waals surface area contributed by atoms with Crippen molar-refractivity contribution >= 4 is 10.5 Å². The summed E-state index contributed by atoms with van der Waals surface area (Å²) in [5, 5.41) is 0. The molecule has 2 aromatic carbocycles. The molecular weight excluding hydrogens is 274 g/mol. The lowest BCUT2D eigenvalue weighted by Crippen LogP contribution is -2.26. The molecule has 0 bridgehead atoms. The fraction of sp³-hybridized carbons (Fsp3) is 0.250. The average molecular weight is 289 g/mol. The van der Waals surface area contributed by atoms with Crippen molar-refractivity contribution in [2.45, 2.75) is 25.9 Å². The second-order valence-corrected chi connectivity index (χ2v) is 5.56. The van der Waals surface area contributed by atoms with Crippen molar-refractivity contribution in [1.29, 1.82) is 0 Å². The first kappa shape index (κ1) is 14.9. The minimum Gasteiger partial charge on any atom is -0.413 e. The van der Waals surface area contributed by atoms with Crippen LogP contribution in [0.1, 0.15) is 19.4 Å². The van der Waals surface area contributed by atoms with Gasteiger partial charge in [0.2, 0.25) is 10.5 Å². The Labute approximate surface area is 121 Å². The monoisotopic (exact) mass is 289 g/mol. The third-order valence-corrected chi connectivity index (χ3v) is 3.65. The van der Waals surface area contributed by atoms with Gasteiger partial charge in [-0.1, -0.05) is 24.3 Å². The van der Waals surface area contributed by atoms with Gasteiger partial charge in [-0.2, -0.15) is 0 Å². The zero-order chi connectivity index (χ0) is 14.8. The molecule has 0 fully saturated rings. The molecule has 0 amide bonds. The van der Waals surface area contributed by atoms with Gasteiger partial charge in [0.05, 0.1) is 5.60 Å². The van der Waals surface area contributed by atoms with Crippen LogP contribution < -0.4 is 0 Å². The highest BCUT2D eigenvalue weighted by Crippen LogP contribution is 2.25. The molecule has 0 atom stereocenters. The number of hydrogen-bond donors (Lipinski definition) is 0. The molecule has 4 heteroatoms. The van der Waals surface area contributed by atoms with Crippen LogP contribution in [-0.4, -0.2) is 16.1 Å². The van der Waals surface area contributed by atoms with E-state index in [9.17, 15) is 8.78 Å². The van der Waals surface area contributed by atoms with Gasteiger partial charge >= 0.3 is 0 Å². The first-order valence-electron chi connectivity index (χ1n) is 6.30. The van der Waals surface area contributed by atoms with E-state index in [4.69, 9.17) is 4.43 Å². The number of halogens is 2. The van der Waals surface area contributed by atoms with E-state index in [0.29, 0.717) is 5.56 Å². The smallest absolute Gasteiger partial charge is 0.246 e. The molecule has 0 saturated heterocycles. The Bertz CT molecular complexity index is 594. The summed E-state index contributed by atoms with van der Waals surface area (Å²) in [5.74, 6) is -1.12. The highest BCUT2D eigenvalue weighted by molar-refractivity contribution is 5.98. The molecule has 20 heavy (non-hydrogen) atoms. The van der Waals surface area contributed by atoms with E-state index >= 15 is 0 Å².